The number of amides is 2. The first-order chi connectivity index (χ1) is 12.1. The number of hydrogen-bond acceptors (Lipinski definition) is 6. The van der Waals surface area contributed by atoms with Gasteiger partial charge in [-0.05, 0) is 18.2 Å². The van der Waals surface area contributed by atoms with Crippen molar-refractivity contribution in [2.45, 2.75) is 0 Å². The van der Waals surface area contributed by atoms with Gasteiger partial charge >= 0.3 is 0 Å². The van der Waals surface area contributed by atoms with Crippen LogP contribution in [0.5, 0.6) is 0 Å². The second-order valence-corrected chi connectivity index (χ2v) is 5.05. The SMILES string of the molecule is O=C(NCCNC(=O)c1n[nH]c2ccc([N+](=O)[O-])cc12)c1ccco1. The molecule has 2 aromatic heterocycles. The minimum Gasteiger partial charge on any atom is -0.459 e. The molecule has 0 atom stereocenters. The summed E-state index contributed by atoms with van der Waals surface area (Å²) in [5, 5.41) is 22.9. The number of carbonyl (C=O) groups excluding carboxylic acids is 2. The zero-order valence-electron chi connectivity index (χ0n) is 12.8. The average Bonchev–Trinajstić information content (AvgIpc) is 3.27. The molecule has 0 bridgehead atoms. The number of furan rings is 1. The summed E-state index contributed by atoms with van der Waals surface area (Å²) in [6.45, 7) is 0.350. The fourth-order valence-electron chi connectivity index (χ4n) is 2.22. The first-order valence-electron chi connectivity index (χ1n) is 7.28. The molecule has 0 saturated heterocycles. The minimum absolute atomic E-state index is 0.0519. The molecule has 3 N–H and O–H groups in total. The van der Waals surface area contributed by atoms with Crippen molar-refractivity contribution in [3.8, 4) is 0 Å². The van der Waals surface area contributed by atoms with Crippen molar-refractivity contribution < 1.29 is 18.9 Å². The molecular formula is C15H13N5O5. The van der Waals surface area contributed by atoms with Crippen molar-refractivity contribution in [2.24, 2.45) is 0 Å². The van der Waals surface area contributed by atoms with Gasteiger partial charge in [-0.2, -0.15) is 5.10 Å². The molecule has 3 aromatic rings. The fourth-order valence-corrected chi connectivity index (χ4v) is 2.22. The lowest BCUT2D eigenvalue weighted by atomic mass is 10.2. The van der Waals surface area contributed by atoms with Crippen LogP contribution < -0.4 is 10.6 Å². The Bertz CT molecular complexity index is 931. The van der Waals surface area contributed by atoms with Crippen LogP contribution in [-0.4, -0.2) is 40.0 Å². The van der Waals surface area contributed by atoms with Gasteiger partial charge in [-0.15, -0.1) is 0 Å². The molecule has 0 spiro atoms. The number of nitro benzene ring substituents is 1. The molecule has 3 rings (SSSR count). The van der Waals surface area contributed by atoms with Gasteiger partial charge in [-0.25, -0.2) is 0 Å². The van der Waals surface area contributed by atoms with Crippen LogP contribution in [0.3, 0.4) is 0 Å². The van der Waals surface area contributed by atoms with Crippen molar-refractivity contribution in [1.29, 1.82) is 0 Å². The number of nitro groups is 1. The van der Waals surface area contributed by atoms with Gasteiger partial charge in [0.1, 0.15) is 0 Å². The number of benzene rings is 1. The number of nitrogens with one attached hydrogen (secondary N) is 3. The van der Waals surface area contributed by atoms with Crippen LogP contribution in [0.1, 0.15) is 21.0 Å². The molecule has 0 aliphatic heterocycles. The number of nitrogens with zero attached hydrogens (tertiary/aromatic N) is 2. The van der Waals surface area contributed by atoms with Crippen LogP contribution in [0, 0.1) is 10.1 Å². The van der Waals surface area contributed by atoms with Crippen LogP contribution in [0.2, 0.25) is 0 Å². The Hall–Kier alpha value is -3.69. The second-order valence-electron chi connectivity index (χ2n) is 5.05. The predicted molar refractivity (Wildman–Crippen MR) is 86.1 cm³/mol. The van der Waals surface area contributed by atoms with Crippen LogP contribution in [0.4, 0.5) is 5.69 Å². The monoisotopic (exact) mass is 343 g/mol. The van der Waals surface area contributed by atoms with E-state index in [1.807, 2.05) is 0 Å². The van der Waals surface area contributed by atoms with Crippen LogP contribution in [0.15, 0.2) is 41.0 Å². The highest BCUT2D eigenvalue weighted by Gasteiger charge is 2.17. The van der Waals surface area contributed by atoms with Crippen molar-refractivity contribution in [2.75, 3.05) is 13.1 Å². The van der Waals surface area contributed by atoms with Crippen molar-refractivity contribution in [3.63, 3.8) is 0 Å². The largest absolute Gasteiger partial charge is 0.459 e. The van der Waals surface area contributed by atoms with Gasteiger partial charge in [0.15, 0.2) is 11.5 Å². The first kappa shape index (κ1) is 16.2. The number of rotatable bonds is 6. The Balaban J connectivity index is 1.60. The van der Waals surface area contributed by atoms with E-state index in [-0.39, 0.29) is 36.1 Å². The molecule has 0 radical (unpaired) electrons. The van der Waals surface area contributed by atoms with E-state index in [0.29, 0.717) is 10.9 Å². The summed E-state index contributed by atoms with van der Waals surface area (Å²) in [5.41, 5.74) is 0.437. The van der Waals surface area contributed by atoms with Crippen LogP contribution >= 0.6 is 0 Å². The highest BCUT2D eigenvalue weighted by molar-refractivity contribution is 6.05. The zero-order chi connectivity index (χ0) is 17.8. The number of aromatic nitrogens is 2. The zero-order valence-corrected chi connectivity index (χ0v) is 12.8. The lowest BCUT2D eigenvalue weighted by molar-refractivity contribution is -0.384. The van der Waals surface area contributed by atoms with Crippen molar-refractivity contribution >= 4 is 28.4 Å². The quantitative estimate of drug-likeness (QED) is 0.349. The molecule has 128 valence electrons. The van der Waals surface area contributed by atoms with Crippen molar-refractivity contribution in [3.05, 3.63) is 58.2 Å². The number of aromatic amines is 1. The second kappa shape index (κ2) is 6.83. The topological polar surface area (TPSA) is 143 Å². The summed E-state index contributed by atoms with van der Waals surface area (Å²) >= 11 is 0. The number of H-pyrrole nitrogens is 1. The Morgan fingerprint density at radius 2 is 1.96 bits per heavy atom. The highest BCUT2D eigenvalue weighted by atomic mass is 16.6. The van der Waals surface area contributed by atoms with E-state index in [4.69, 9.17) is 4.42 Å². The van der Waals surface area contributed by atoms with Gasteiger partial charge < -0.3 is 15.1 Å². The van der Waals surface area contributed by atoms with E-state index in [2.05, 4.69) is 20.8 Å². The molecule has 25 heavy (non-hydrogen) atoms. The number of non-ortho nitro benzene ring substituents is 1. The van der Waals surface area contributed by atoms with Gasteiger partial charge in [0.05, 0.1) is 16.7 Å². The third kappa shape index (κ3) is 3.47. The van der Waals surface area contributed by atoms with Gasteiger partial charge in [0.2, 0.25) is 0 Å². The molecule has 0 fully saturated rings. The summed E-state index contributed by atoms with van der Waals surface area (Å²) < 4.78 is 4.94. The van der Waals surface area contributed by atoms with E-state index in [1.54, 1.807) is 6.07 Å². The van der Waals surface area contributed by atoms with Crippen LogP contribution in [0.25, 0.3) is 10.9 Å². The van der Waals surface area contributed by atoms with Gasteiger partial charge in [0.25, 0.3) is 17.5 Å². The van der Waals surface area contributed by atoms with Gasteiger partial charge in [-0.1, -0.05) is 0 Å². The number of fused-ring (bicyclic) bond motifs is 1. The molecule has 1 aromatic carbocycles. The van der Waals surface area contributed by atoms with E-state index in [9.17, 15) is 19.7 Å². The van der Waals surface area contributed by atoms with E-state index in [0.717, 1.165) is 0 Å². The Morgan fingerprint density at radius 1 is 1.20 bits per heavy atom. The smallest absolute Gasteiger partial charge is 0.287 e. The number of carbonyl (C=O) groups is 2. The summed E-state index contributed by atoms with van der Waals surface area (Å²) in [6, 6.07) is 7.22. The minimum atomic E-state index is -0.543. The van der Waals surface area contributed by atoms with Gasteiger partial charge in [0, 0.05) is 30.6 Å². The number of hydrogen-bond donors (Lipinski definition) is 3. The molecule has 0 aliphatic carbocycles. The van der Waals surface area contributed by atoms with Gasteiger partial charge in [-0.3, -0.25) is 24.8 Å². The lowest BCUT2D eigenvalue weighted by Gasteiger charge is -2.05. The highest BCUT2D eigenvalue weighted by Crippen LogP contribution is 2.21. The molecule has 0 unspecified atom stereocenters. The van der Waals surface area contributed by atoms with E-state index < -0.39 is 10.8 Å². The average molecular weight is 343 g/mol. The van der Waals surface area contributed by atoms with Crippen molar-refractivity contribution in [1.82, 2.24) is 20.8 Å². The standard InChI is InChI=1S/C15H13N5O5/c21-14(12-2-1-7-25-12)16-5-6-17-15(22)13-10-8-9(20(23)24)3-4-11(10)18-19-13/h1-4,7-8H,5-6H2,(H,16,21)(H,17,22)(H,18,19). The maximum Gasteiger partial charge on any atom is 0.287 e. The summed E-state index contributed by atoms with van der Waals surface area (Å²) in [7, 11) is 0. The lowest BCUT2D eigenvalue weighted by Crippen LogP contribution is -2.34. The third-order valence-corrected chi connectivity index (χ3v) is 3.41. The Morgan fingerprint density at radius 3 is 2.64 bits per heavy atom. The summed E-state index contributed by atoms with van der Waals surface area (Å²) in [5.74, 6) is -0.712. The maximum absolute atomic E-state index is 12.2. The Labute approximate surface area is 140 Å². The summed E-state index contributed by atoms with van der Waals surface area (Å²) in [6.07, 6.45) is 1.39. The molecule has 10 heteroatoms. The molecule has 10 nitrogen and oxygen atoms in total. The summed E-state index contributed by atoms with van der Waals surface area (Å²) in [4.78, 5) is 34.1. The first-order valence-corrected chi connectivity index (χ1v) is 7.28. The molecule has 2 amide bonds. The third-order valence-electron chi connectivity index (χ3n) is 3.41. The molecule has 0 saturated carbocycles. The molecule has 2 heterocycles. The molecule has 0 aliphatic rings. The van der Waals surface area contributed by atoms with Crippen LogP contribution in [-0.2, 0) is 0 Å². The van der Waals surface area contributed by atoms with E-state index >= 15 is 0 Å². The normalized spacial score (nSPS) is 10.6. The fraction of sp³-hybridized carbons (Fsp3) is 0.133. The van der Waals surface area contributed by atoms with E-state index in [1.165, 1.54) is 30.5 Å². The maximum atomic E-state index is 12.2. The molecular weight excluding hydrogens is 330 g/mol. The predicted octanol–water partition coefficient (Wildman–Crippen LogP) is 1.22. The Kier molecular flexibility index (Phi) is 4.42.